The number of hydrogen-bond donors (Lipinski definition) is 2. The molecule has 7 heteroatoms. The van der Waals surface area contributed by atoms with Crippen LogP contribution in [0.25, 0.3) is 0 Å². The van der Waals surface area contributed by atoms with Crippen LogP contribution in [-0.2, 0) is 11.3 Å². The van der Waals surface area contributed by atoms with Gasteiger partial charge in [0, 0.05) is 25.7 Å². The predicted octanol–water partition coefficient (Wildman–Crippen LogP) is 2.88. The van der Waals surface area contributed by atoms with Gasteiger partial charge in [-0.3, -0.25) is 4.79 Å². The lowest BCUT2D eigenvalue weighted by molar-refractivity contribution is -0.127. The normalized spacial score (nSPS) is 10.7. The van der Waals surface area contributed by atoms with Gasteiger partial charge >= 0.3 is 0 Å². The molecular weight excluding hydrogens is 427 g/mol. The molecule has 0 heterocycles. The standard InChI is InChI=1S/C16H25ClN4O.HI/c1-4-5-10-18-16(20-12-15(22)21(2)3)19-11-13-6-8-14(17)9-7-13;/h6-9H,4-5,10-12H2,1-3H3,(H2,18,19,20);1H. The molecule has 1 aromatic carbocycles. The molecule has 0 bridgehead atoms. The van der Waals surface area contributed by atoms with Crippen LogP contribution in [0, 0.1) is 0 Å². The summed E-state index contributed by atoms with van der Waals surface area (Å²) in [6.07, 6.45) is 2.16. The number of nitrogens with zero attached hydrogens (tertiary/aromatic N) is 2. The maximum Gasteiger partial charge on any atom is 0.241 e. The fourth-order valence-electron chi connectivity index (χ4n) is 1.64. The van der Waals surface area contributed by atoms with Gasteiger partial charge in [0.1, 0.15) is 0 Å². The van der Waals surface area contributed by atoms with Crippen LogP contribution in [0.3, 0.4) is 0 Å². The van der Waals surface area contributed by atoms with Gasteiger partial charge in [0.25, 0.3) is 0 Å². The number of amides is 1. The molecule has 1 amide bonds. The first kappa shape index (κ1) is 22.0. The van der Waals surface area contributed by atoms with Crippen molar-refractivity contribution in [3.05, 3.63) is 34.9 Å². The molecule has 1 aromatic rings. The van der Waals surface area contributed by atoms with E-state index >= 15 is 0 Å². The van der Waals surface area contributed by atoms with Gasteiger partial charge in [-0.2, -0.15) is 0 Å². The number of halogens is 2. The molecule has 0 radical (unpaired) electrons. The van der Waals surface area contributed by atoms with Gasteiger partial charge in [-0.05, 0) is 24.1 Å². The summed E-state index contributed by atoms with van der Waals surface area (Å²) in [5.74, 6) is 0.662. The molecule has 0 aliphatic rings. The molecule has 0 aromatic heterocycles. The average Bonchev–Trinajstić information content (AvgIpc) is 2.50. The van der Waals surface area contributed by atoms with Crippen LogP contribution in [0.4, 0.5) is 0 Å². The summed E-state index contributed by atoms with van der Waals surface area (Å²) in [4.78, 5) is 17.7. The molecule has 0 spiro atoms. The van der Waals surface area contributed by atoms with Gasteiger partial charge in [-0.25, -0.2) is 4.99 Å². The fourth-order valence-corrected chi connectivity index (χ4v) is 1.76. The lowest BCUT2D eigenvalue weighted by Gasteiger charge is -2.14. The summed E-state index contributed by atoms with van der Waals surface area (Å²) < 4.78 is 0. The van der Waals surface area contributed by atoms with Crippen molar-refractivity contribution in [1.82, 2.24) is 15.5 Å². The first-order valence-electron chi connectivity index (χ1n) is 7.49. The highest BCUT2D eigenvalue weighted by molar-refractivity contribution is 14.0. The Balaban J connectivity index is 0.00000484. The highest BCUT2D eigenvalue weighted by Gasteiger charge is 2.05. The minimum atomic E-state index is 0. The van der Waals surface area contributed by atoms with Crippen molar-refractivity contribution in [2.24, 2.45) is 4.99 Å². The number of unbranched alkanes of at least 4 members (excludes halogenated alkanes) is 1. The molecule has 0 saturated carbocycles. The van der Waals surface area contributed by atoms with Crippen molar-refractivity contribution in [3.63, 3.8) is 0 Å². The van der Waals surface area contributed by atoms with Crippen molar-refractivity contribution in [1.29, 1.82) is 0 Å². The average molecular weight is 453 g/mol. The second-order valence-corrected chi connectivity index (χ2v) is 5.65. The van der Waals surface area contributed by atoms with Crippen LogP contribution >= 0.6 is 35.6 Å². The highest BCUT2D eigenvalue weighted by atomic mass is 127. The van der Waals surface area contributed by atoms with Crippen molar-refractivity contribution in [3.8, 4) is 0 Å². The Bertz CT molecular complexity index is 491. The number of guanidine groups is 1. The van der Waals surface area contributed by atoms with E-state index in [2.05, 4.69) is 22.5 Å². The number of carbonyl (C=O) groups is 1. The van der Waals surface area contributed by atoms with Crippen LogP contribution in [-0.4, -0.2) is 44.0 Å². The largest absolute Gasteiger partial charge is 0.356 e. The Morgan fingerprint density at radius 2 is 1.87 bits per heavy atom. The number of nitrogens with one attached hydrogen (secondary N) is 2. The lowest BCUT2D eigenvalue weighted by Crippen LogP contribution is -2.43. The topological polar surface area (TPSA) is 56.7 Å². The van der Waals surface area contributed by atoms with Crippen molar-refractivity contribution < 1.29 is 4.79 Å². The first-order chi connectivity index (χ1) is 10.5. The van der Waals surface area contributed by atoms with Gasteiger partial charge < -0.3 is 15.5 Å². The molecule has 0 fully saturated rings. The van der Waals surface area contributed by atoms with Crippen molar-refractivity contribution >= 4 is 47.4 Å². The van der Waals surface area contributed by atoms with E-state index in [1.54, 1.807) is 19.0 Å². The maximum absolute atomic E-state index is 11.7. The summed E-state index contributed by atoms with van der Waals surface area (Å²) in [5.41, 5.74) is 1.07. The van der Waals surface area contributed by atoms with E-state index in [-0.39, 0.29) is 36.4 Å². The van der Waals surface area contributed by atoms with Crippen LogP contribution in [0.15, 0.2) is 29.3 Å². The summed E-state index contributed by atoms with van der Waals surface area (Å²) in [5, 5.41) is 7.01. The number of hydrogen-bond acceptors (Lipinski definition) is 2. The molecule has 23 heavy (non-hydrogen) atoms. The zero-order valence-corrected chi connectivity index (χ0v) is 17.0. The van der Waals surface area contributed by atoms with Gasteiger partial charge in [-0.1, -0.05) is 37.1 Å². The molecule has 0 saturated heterocycles. The summed E-state index contributed by atoms with van der Waals surface area (Å²) in [6.45, 7) is 3.73. The van der Waals surface area contributed by atoms with E-state index in [4.69, 9.17) is 11.6 Å². The van der Waals surface area contributed by atoms with Crippen LogP contribution < -0.4 is 10.6 Å². The molecule has 0 atom stereocenters. The Morgan fingerprint density at radius 1 is 1.22 bits per heavy atom. The molecule has 0 aliphatic carbocycles. The number of benzene rings is 1. The first-order valence-corrected chi connectivity index (χ1v) is 7.87. The number of likely N-dealkylation sites (N-methyl/N-ethyl adjacent to an activating group) is 1. The van der Waals surface area contributed by atoms with Crippen molar-refractivity contribution in [2.45, 2.75) is 26.3 Å². The third kappa shape index (κ3) is 9.65. The number of aliphatic imine (C=N–C) groups is 1. The molecule has 5 nitrogen and oxygen atoms in total. The minimum absolute atomic E-state index is 0. The highest BCUT2D eigenvalue weighted by Crippen LogP contribution is 2.10. The van der Waals surface area contributed by atoms with E-state index in [0.717, 1.165) is 24.9 Å². The second-order valence-electron chi connectivity index (χ2n) is 5.21. The third-order valence-corrected chi connectivity index (χ3v) is 3.31. The van der Waals surface area contributed by atoms with Crippen LogP contribution in [0.5, 0.6) is 0 Å². The molecule has 1 rings (SSSR count). The molecule has 2 N–H and O–H groups in total. The van der Waals surface area contributed by atoms with E-state index in [1.807, 2.05) is 24.3 Å². The second kappa shape index (κ2) is 12.4. The molecule has 0 aliphatic heterocycles. The van der Waals surface area contributed by atoms with E-state index in [9.17, 15) is 4.79 Å². The quantitative estimate of drug-likeness (QED) is 0.289. The summed E-state index contributed by atoms with van der Waals surface area (Å²) >= 11 is 5.87. The Hall–Kier alpha value is -1.02. The minimum Gasteiger partial charge on any atom is -0.356 e. The molecular formula is C16H26ClIN4O. The predicted molar refractivity (Wildman–Crippen MR) is 108 cm³/mol. The van der Waals surface area contributed by atoms with Crippen LogP contribution in [0.2, 0.25) is 5.02 Å². The van der Waals surface area contributed by atoms with Gasteiger partial charge in [-0.15, -0.1) is 24.0 Å². The number of rotatable bonds is 7. The Morgan fingerprint density at radius 3 is 2.43 bits per heavy atom. The monoisotopic (exact) mass is 452 g/mol. The van der Waals surface area contributed by atoms with Gasteiger partial charge in [0.2, 0.25) is 5.91 Å². The summed E-state index contributed by atoms with van der Waals surface area (Å²) in [6, 6.07) is 7.58. The molecule has 0 unspecified atom stereocenters. The number of carbonyl (C=O) groups excluding carboxylic acids is 1. The smallest absolute Gasteiger partial charge is 0.241 e. The zero-order valence-electron chi connectivity index (χ0n) is 13.9. The third-order valence-electron chi connectivity index (χ3n) is 3.06. The summed E-state index contributed by atoms with van der Waals surface area (Å²) in [7, 11) is 3.47. The molecule has 130 valence electrons. The van der Waals surface area contributed by atoms with E-state index in [0.29, 0.717) is 17.5 Å². The Labute approximate surface area is 160 Å². The van der Waals surface area contributed by atoms with E-state index < -0.39 is 0 Å². The van der Waals surface area contributed by atoms with Gasteiger partial charge in [0.15, 0.2) is 5.96 Å². The lowest BCUT2D eigenvalue weighted by atomic mass is 10.2. The zero-order chi connectivity index (χ0) is 16.4. The SMILES string of the molecule is CCCCNC(=NCc1ccc(Cl)cc1)NCC(=O)N(C)C.I. The van der Waals surface area contributed by atoms with Crippen LogP contribution in [0.1, 0.15) is 25.3 Å². The van der Waals surface area contributed by atoms with Gasteiger partial charge in [0.05, 0.1) is 13.1 Å². The Kier molecular flexibility index (Phi) is 11.9. The van der Waals surface area contributed by atoms with Crippen molar-refractivity contribution in [2.75, 3.05) is 27.2 Å². The fraction of sp³-hybridized carbons (Fsp3) is 0.500. The van der Waals surface area contributed by atoms with E-state index in [1.165, 1.54) is 0 Å². The maximum atomic E-state index is 11.7.